The maximum absolute atomic E-state index is 2.49. The summed E-state index contributed by atoms with van der Waals surface area (Å²) >= 11 is 1.83. The van der Waals surface area contributed by atoms with Crippen molar-refractivity contribution in [2.45, 2.75) is 18.7 Å². The third-order valence-corrected chi connectivity index (χ3v) is 3.71. The first-order chi connectivity index (χ1) is 8.31. The number of anilines is 1. The van der Waals surface area contributed by atoms with E-state index in [4.69, 9.17) is 0 Å². The van der Waals surface area contributed by atoms with E-state index in [1.807, 2.05) is 25.6 Å². The van der Waals surface area contributed by atoms with Crippen molar-refractivity contribution in [3.05, 3.63) is 24.3 Å². The van der Waals surface area contributed by atoms with E-state index in [0.717, 1.165) is 13.1 Å². The van der Waals surface area contributed by atoms with Crippen LogP contribution in [-0.2, 0) is 0 Å². The van der Waals surface area contributed by atoms with Gasteiger partial charge < -0.3 is 9.80 Å². The molecule has 17 heavy (non-hydrogen) atoms. The highest BCUT2D eigenvalue weighted by Gasteiger charge is 2.15. The average Bonchev–Trinajstić information content (AvgIpc) is 2.42. The van der Waals surface area contributed by atoms with Crippen LogP contribution >= 0.6 is 11.8 Å². The molecular weight excluding hydrogens is 228 g/mol. The Bertz CT molecular complexity index is 320. The summed E-state index contributed by atoms with van der Waals surface area (Å²) in [5, 5.41) is 0. The molecule has 0 amide bonds. The molecule has 0 bridgehead atoms. The minimum Gasteiger partial charge on any atom is -0.368 e. The number of nitrogens with zero attached hydrogens (tertiary/aromatic N) is 2. The van der Waals surface area contributed by atoms with E-state index in [1.165, 1.54) is 23.7 Å². The van der Waals surface area contributed by atoms with Gasteiger partial charge in [0.1, 0.15) is 0 Å². The Morgan fingerprint density at radius 2 is 1.59 bits per heavy atom. The fourth-order valence-electron chi connectivity index (χ4n) is 1.94. The molecule has 0 spiro atoms. The van der Waals surface area contributed by atoms with Gasteiger partial charge in [-0.05, 0) is 25.4 Å². The second-order valence-electron chi connectivity index (χ2n) is 3.96. The van der Waals surface area contributed by atoms with E-state index < -0.39 is 0 Å². The molecule has 0 radical (unpaired) electrons. The number of thioether (sulfide) groups is 1. The van der Waals surface area contributed by atoms with Gasteiger partial charge in [0.25, 0.3) is 0 Å². The zero-order valence-corrected chi connectivity index (χ0v) is 12.3. The summed E-state index contributed by atoms with van der Waals surface area (Å²) in [6, 6.07) is 8.69. The largest absolute Gasteiger partial charge is 0.368 e. The standard InChI is InChI=1S/C12H18N2S.C2H6/c1-13-7-9-14(10-8-13)11-5-3-4-6-12(11)15-2;1-2/h3-6H,7-10H2,1-2H3;1-2H3. The first-order valence-electron chi connectivity index (χ1n) is 6.38. The van der Waals surface area contributed by atoms with E-state index in [-0.39, 0.29) is 0 Å². The van der Waals surface area contributed by atoms with Gasteiger partial charge in [-0.25, -0.2) is 0 Å². The lowest BCUT2D eigenvalue weighted by molar-refractivity contribution is 0.312. The molecule has 96 valence electrons. The van der Waals surface area contributed by atoms with E-state index in [2.05, 4.69) is 47.4 Å². The Morgan fingerprint density at radius 1 is 1.00 bits per heavy atom. The summed E-state index contributed by atoms with van der Waals surface area (Å²) < 4.78 is 0. The zero-order valence-electron chi connectivity index (χ0n) is 11.4. The molecular formula is C14H24N2S. The number of likely N-dealkylation sites (N-methyl/N-ethyl adjacent to an activating group) is 1. The number of benzene rings is 1. The van der Waals surface area contributed by atoms with Gasteiger partial charge in [-0.3, -0.25) is 0 Å². The number of para-hydroxylation sites is 1. The molecule has 1 aromatic rings. The lowest BCUT2D eigenvalue weighted by Crippen LogP contribution is -2.44. The van der Waals surface area contributed by atoms with E-state index in [1.54, 1.807) is 0 Å². The van der Waals surface area contributed by atoms with Gasteiger partial charge in [0.2, 0.25) is 0 Å². The molecule has 0 aromatic heterocycles. The summed E-state index contributed by atoms with van der Waals surface area (Å²) in [6.07, 6.45) is 2.15. The van der Waals surface area contributed by atoms with Crippen LogP contribution in [0.2, 0.25) is 0 Å². The summed E-state index contributed by atoms with van der Waals surface area (Å²) in [4.78, 5) is 6.27. The highest BCUT2D eigenvalue weighted by molar-refractivity contribution is 7.98. The van der Waals surface area contributed by atoms with Gasteiger partial charge >= 0.3 is 0 Å². The second-order valence-corrected chi connectivity index (χ2v) is 4.81. The lowest BCUT2D eigenvalue weighted by Gasteiger charge is -2.34. The number of hydrogen-bond acceptors (Lipinski definition) is 3. The van der Waals surface area contributed by atoms with Crippen LogP contribution in [0.4, 0.5) is 5.69 Å². The molecule has 1 aliphatic rings. The van der Waals surface area contributed by atoms with Crippen molar-refractivity contribution in [1.29, 1.82) is 0 Å². The third-order valence-electron chi connectivity index (χ3n) is 2.93. The Morgan fingerprint density at radius 3 is 2.18 bits per heavy atom. The van der Waals surface area contributed by atoms with Crippen LogP contribution in [0.1, 0.15) is 13.8 Å². The summed E-state index contributed by atoms with van der Waals surface area (Å²) in [6.45, 7) is 8.63. The Labute approximate surface area is 110 Å². The maximum atomic E-state index is 2.49. The van der Waals surface area contributed by atoms with Crippen molar-refractivity contribution in [3.63, 3.8) is 0 Å². The maximum Gasteiger partial charge on any atom is 0.0505 e. The molecule has 0 atom stereocenters. The van der Waals surface area contributed by atoms with Gasteiger partial charge in [0, 0.05) is 31.1 Å². The molecule has 0 N–H and O–H groups in total. The smallest absolute Gasteiger partial charge is 0.0505 e. The SMILES string of the molecule is CC.CSc1ccccc1N1CCN(C)CC1. The van der Waals surface area contributed by atoms with Crippen molar-refractivity contribution in [2.24, 2.45) is 0 Å². The van der Waals surface area contributed by atoms with E-state index in [9.17, 15) is 0 Å². The van der Waals surface area contributed by atoms with Gasteiger partial charge in [-0.15, -0.1) is 11.8 Å². The topological polar surface area (TPSA) is 6.48 Å². The number of piperazine rings is 1. The minimum absolute atomic E-state index is 1.15. The van der Waals surface area contributed by atoms with Gasteiger partial charge in [-0.1, -0.05) is 26.0 Å². The first-order valence-corrected chi connectivity index (χ1v) is 7.60. The second kappa shape index (κ2) is 7.62. The van der Waals surface area contributed by atoms with Crippen LogP contribution in [0.5, 0.6) is 0 Å². The third kappa shape index (κ3) is 3.93. The van der Waals surface area contributed by atoms with Crippen molar-refractivity contribution in [2.75, 3.05) is 44.4 Å². The summed E-state index contributed by atoms with van der Waals surface area (Å²) in [7, 11) is 2.19. The summed E-state index contributed by atoms with van der Waals surface area (Å²) in [5.41, 5.74) is 1.40. The quantitative estimate of drug-likeness (QED) is 0.746. The van der Waals surface area contributed by atoms with Gasteiger partial charge in [0.15, 0.2) is 0 Å². The first kappa shape index (κ1) is 14.4. The molecule has 0 aliphatic carbocycles. The molecule has 1 saturated heterocycles. The van der Waals surface area contributed by atoms with E-state index in [0.29, 0.717) is 0 Å². The number of hydrogen-bond donors (Lipinski definition) is 0. The molecule has 1 aromatic carbocycles. The zero-order chi connectivity index (χ0) is 12.7. The molecule has 0 saturated carbocycles. The molecule has 1 heterocycles. The van der Waals surface area contributed by atoms with Gasteiger partial charge in [-0.2, -0.15) is 0 Å². The Balaban J connectivity index is 0.000000686. The van der Waals surface area contributed by atoms with E-state index >= 15 is 0 Å². The Kier molecular flexibility index (Phi) is 6.45. The fourth-order valence-corrected chi connectivity index (χ4v) is 2.56. The van der Waals surface area contributed by atoms with Crippen LogP contribution in [-0.4, -0.2) is 44.4 Å². The molecule has 2 nitrogen and oxygen atoms in total. The molecule has 0 unspecified atom stereocenters. The predicted molar refractivity (Wildman–Crippen MR) is 79.3 cm³/mol. The molecule has 3 heteroatoms. The van der Waals surface area contributed by atoms with Crippen LogP contribution in [0, 0.1) is 0 Å². The van der Waals surface area contributed by atoms with Crippen molar-refractivity contribution in [1.82, 2.24) is 4.90 Å². The van der Waals surface area contributed by atoms with Crippen molar-refractivity contribution >= 4 is 17.4 Å². The monoisotopic (exact) mass is 252 g/mol. The van der Waals surface area contributed by atoms with Crippen LogP contribution in [0.25, 0.3) is 0 Å². The van der Waals surface area contributed by atoms with Crippen LogP contribution < -0.4 is 4.90 Å². The normalized spacial score (nSPS) is 16.4. The van der Waals surface area contributed by atoms with Gasteiger partial charge in [0.05, 0.1) is 5.69 Å². The van der Waals surface area contributed by atoms with Crippen molar-refractivity contribution in [3.8, 4) is 0 Å². The predicted octanol–water partition coefficient (Wildman–Crippen LogP) is 3.19. The molecule has 1 aliphatic heterocycles. The average molecular weight is 252 g/mol. The van der Waals surface area contributed by atoms with Crippen molar-refractivity contribution < 1.29 is 0 Å². The minimum atomic E-state index is 1.15. The fraction of sp³-hybridized carbons (Fsp3) is 0.571. The summed E-state index contributed by atoms with van der Waals surface area (Å²) in [5.74, 6) is 0. The molecule has 2 rings (SSSR count). The Hall–Kier alpha value is -0.670. The highest BCUT2D eigenvalue weighted by Crippen LogP contribution is 2.28. The van der Waals surface area contributed by atoms with Crippen LogP contribution in [0.3, 0.4) is 0 Å². The lowest BCUT2D eigenvalue weighted by atomic mass is 10.2. The highest BCUT2D eigenvalue weighted by atomic mass is 32.2. The molecule has 1 fully saturated rings. The number of rotatable bonds is 2. The van der Waals surface area contributed by atoms with Crippen LogP contribution in [0.15, 0.2) is 29.2 Å².